The molecule has 0 aromatic heterocycles. The first-order valence-corrected chi connectivity index (χ1v) is 10.9. The van der Waals surface area contributed by atoms with Crippen LogP contribution in [0.1, 0.15) is 28.4 Å². The summed E-state index contributed by atoms with van der Waals surface area (Å²) in [4.78, 5) is 39.2. The van der Waals surface area contributed by atoms with Gasteiger partial charge in [0, 0.05) is 16.9 Å². The lowest BCUT2D eigenvalue weighted by Gasteiger charge is -2.17. The van der Waals surface area contributed by atoms with E-state index in [1.165, 1.54) is 5.56 Å². The number of anilines is 3. The highest BCUT2D eigenvalue weighted by molar-refractivity contribution is 6.53. The molecule has 0 bridgehead atoms. The highest BCUT2D eigenvalue weighted by atomic mass is 35.5. The van der Waals surface area contributed by atoms with E-state index in [4.69, 9.17) is 11.6 Å². The molecule has 166 valence electrons. The molecule has 0 aliphatic carbocycles. The maximum absolute atomic E-state index is 12.9. The molecule has 3 aromatic rings. The standard InChI is InChI=1S/C26H22ClN3O3/c1-3-17-8-12-20(13-9-17)29-24(31)18-10-14-19(15-11-18)28-23-22(27)25(32)30(26(23)33)21-7-5-4-6-16(21)2/h4-15,28H,3H2,1-2H3,(H,29,31). The highest BCUT2D eigenvalue weighted by Gasteiger charge is 2.39. The summed E-state index contributed by atoms with van der Waals surface area (Å²) in [5.41, 5.74) is 4.15. The number of benzene rings is 3. The summed E-state index contributed by atoms with van der Waals surface area (Å²) in [7, 11) is 0. The molecule has 1 aliphatic rings. The molecule has 0 unspecified atom stereocenters. The van der Waals surface area contributed by atoms with Gasteiger partial charge < -0.3 is 10.6 Å². The molecule has 0 radical (unpaired) electrons. The fourth-order valence-corrected chi connectivity index (χ4v) is 3.73. The molecule has 1 heterocycles. The summed E-state index contributed by atoms with van der Waals surface area (Å²) in [6.07, 6.45) is 0.931. The van der Waals surface area contributed by atoms with Crippen LogP contribution in [0.25, 0.3) is 0 Å². The SMILES string of the molecule is CCc1ccc(NC(=O)c2ccc(NC3=C(Cl)C(=O)N(c4ccccc4C)C3=O)cc2)cc1. The van der Waals surface area contributed by atoms with E-state index < -0.39 is 11.8 Å². The Morgan fingerprint density at radius 1 is 0.879 bits per heavy atom. The molecule has 6 nitrogen and oxygen atoms in total. The van der Waals surface area contributed by atoms with Crippen LogP contribution in [-0.2, 0) is 16.0 Å². The van der Waals surface area contributed by atoms with Gasteiger partial charge >= 0.3 is 0 Å². The van der Waals surface area contributed by atoms with Crippen LogP contribution in [0.5, 0.6) is 0 Å². The third-order valence-electron chi connectivity index (χ3n) is 5.42. The maximum Gasteiger partial charge on any atom is 0.283 e. The van der Waals surface area contributed by atoms with Gasteiger partial charge in [0.15, 0.2) is 0 Å². The highest BCUT2D eigenvalue weighted by Crippen LogP contribution is 2.31. The molecule has 0 atom stereocenters. The molecule has 0 spiro atoms. The Morgan fingerprint density at radius 3 is 2.15 bits per heavy atom. The third-order valence-corrected chi connectivity index (χ3v) is 5.77. The van der Waals surface area contributed by atoms with Crippen LogP contribution in [0.2, 0.25) is 0 Å². The summed E-state index contributed by atoms with van der Waals surface area (Å²) >= 11 is 6.20. The second-order valence-electron chi connectivity index (χ2n) is 7.63. The van der Waals surface area contributed by atoms with Crippen molar-refractivity contribution in [2.24, 2.45) is 0 Å². The Bertz CT molecular complexity index is 1260. The zero-order chi connectivity index (χ0) is 23.5. The molecule has 7 heteroatoms. The van der Waals surface area contributed by atoms with E-state index in [2.05, 4.69) is 17.6 Å². The van der Waals surface area contributed by atoms with Gasteiger partial charge in [0.2, 0.25) is 0 Å². The molecule has 2 N–H and O–H groups in total. The minimum atomic E-state index is -0.580. The predicted octanol–water partition coefficient (Wildman–Crippen LogP) is 5.25. The van der Waals surface area contributed by atoms with Gasteiger partial charge in [-0.15, -0.1) is 0 Å². The lowest BCUT2D eigenvalue weighted by Crippen LogP contribution is -2.32. The Labute approximate surface area is 196 Å². The van der Waals surface area contributed by atoms with Gasteiger partial charge in [-0.2, -0.15) is 0 Å². The number of halogens is 1. The maximum atomic E-state index is 12.9. The first-order chi connectivity index (χ1) is 15.9. The number of imide groups is 1. The minimum Gasteiger partial charge on any atom is -0.350 e. The van der Waals surface area contributed by atoms with Crippen molar-refractivity contribution in [1.82, 2.24) is 0 Å². The van der Waals surface area contributed by atoms with Crippen LogP contribution in [-0.4, -0.2) is 17.7 Å². The van der Waals surface area contributed by atoms with Gasteiger partial charge in [-0.05, 0) is 66.9 Å². The van der Waals surface area contributed by atoms with Crippen molar-refractivity contribution in [2.75, 3.05) is 15.5 Å². The van der Waals surface area contributed by atoms with Crippen LogP contribution in [0, 0.1) is 6.92 Å². The van der Waals surface area contributed by atoms with Gasteiger partial charge in [-0.1, -0.05) is 48.9 Å². The number of aryl methyl sites for hydroxylation is 2. The van der Waals surface area contributed by atoms with E-state index in [0.717, 1.165) is 16.9 Å². The zero-order valence-corrected chi connectivity index (χ0v) is 18.9. The molecular weight excluding hydrogens is 438 g/mol. The number of carbonyl (C=O) groups is 3. The van der Waals surface area contributed by atoms with Gasteiger partial charge in [-0.25, -0.2) is 4.90 Å². The number of nitrogens with zero attached hydrogens (tertiary/aromatic N) is 1. The first-order valence-electron chi connectivity index (χ1n) is 10.5. The number of rotatable bonds is 6. The molecule has 0 fully saturated rings. The molecule has 33 heavy (non-hydrogen) atoms. The fourth-order valence-electron chi connectivity index (χ4n) is 3.52. The smallest absolute Gasteiger partial charge is 0.283 e. The van der Waals surface area contributed by atoms with E-state index in [-0.39, 0.29) is 16.6 Å². The largest absolute Gasteiger partial charge is 0.350 e. The second kappa shape index (κ2) is 9.30. The summed E-state index contributed by atoms with van der Waals surface area (Å²) in [6, 6.07) is 21.3. The van der Waals surface area contributed by atoms with Crippen LogP contribution >= 0.6 is 11.6 Å². The van der Waals surface area contributed by atoms with Crippen LogP contribution in [0.15, 0.2) is 83.5 Å². The number of amides is 3. The lowest BCUT2D eigenvalue weighted by molar-refractivity contribution is -0.120. The van der Waals surface area contributed by atoms with Crippen molar-refractivity contribution < 1.29 is 14.4 Å². The van der Waals surface area contributed by atoms with Crippen LogP contribution in [0.3, 0.4) is 0 Å². The molecule has 0 saturated heterocycles. The number of carbonyl (C=O) groups excluding carboxylic acids is 3. The molecule has 0 saturated carbocycles. The average molecular weight is 460 g/mol. The van der Waals surface area contributed by atoms with E-state index in [9.17, 15) is 14.4 Å². The summed E-state index contributed by atoms with van der Waals surface area (Å²) < 4.78 is 0. The Hall–Kier alpha value is -3.90. The minimum absolute atomic E-state index is 0.00173. The molecule has 1 aliphatic heterocycles. The van der Waals surface area contributed by atoms with Gasteiger partial charge in [0.1, 0.15) is 10.7 Å². The lowest BCUT2D eigenvalue weighted by atomic mass is 10.1. The Morgan fingerprint density at radius 2 is 1.52 bits per heavy atom. The van der Waals surface area contributed by atoms with E-state index in [0.29, 0.717) is 22.6 Å². The van der Waals surface area contributed by atoms with E-state index >= 15 is 0 Å². The first kappa shape index (κ1) is 22.3. The predicted molar refractivity (Wildman–Crippen MR) is 130 cm³/mol. The van der Waals surface area contributed by atoms with Crippen molar-refractivity contribution in [3.05, 3.63) is 100 Å². The zero-order valence-electron chi connectivity index (χ0n) is 18.2. The van der Waals surface area contributed by atoms with Crippen molar-refractivity contribution in [3.63, 3.8) is 0 Å². The van der Waals surface area contributed by atoms with E-state index in [1.807, 2.05) is 43.3 Å². The number of para-hydroxylation sites is 1. The monoisotopic (exact) mass is 459 g/mol. The normalized spacial score (nSPS) is 13.5. The number of nitrogens with one attached hydrogen (secondary N) is 2. The van der Waals surface area contributed by atoms with Crippen molar-refractivity contribution in [1.29, 1.82) is 0 Å². The summed E-state index contributed by atoms with van der Waals surface area (Å²) in [5, 5.41) is 5.60. The topological polar surface area (TPSA) is 78.5 Å². The molecule has 3 amide bonds. The average Bonchev–Trinajstić information content (AvgIpc) is 3.03. The van der Waals surface area contributed by atoms with Crippen molar-refractivity contribution >= 4 is 46.4 Å². The van der Waals surface area contributed by atoms with E-state index in [1.54, 1.807) is 36.4 Å². The van der Waals surface area contributed by atoms with Crippen molar-refractivity contribution in [3.8, 4) is 0 Å². The van der Waals surface area contributed by atoms with Crippen LogP contribution in [0.4, 0.5) is 17.1 Å². The Kier molecular flexibility index (Phi) is 6.29. The molecule has 4 rings (SSSR count). The Balaban J connectivity index is 1.47. The number of hydrogen-bond donors (Lipinski definition) is 2. The summed E-state index contributed by atoms with van der Waals surface area (Å²) in [5.74, 6) is -1.36. The third kappa shape index (κ3) is 4.52. The van der Waals surface area contributed by atoms with Crippen molar-refractivity contribution in [2.45, 2.75) is 20.3 Å². The van der Waals surface area contributed by atoms with Gasteiger partial charge in [-0.3, -0.25) is 14.4 Å². The molecule has 3 aromatic carbocycles. The quantitative estimate of drug-likeness (QED) is 0.494. The molecular formula is C26H22ClN3O3. The van der Waals surface area contributed by atoms with Crippen LogP contribution < -0.4 is 15.5 Å². The van der Waals surface area contributed by atoms with Gasteiger partial charge in [0.25, 0.3) is 17.7 Å². The second-order valence-corrected chi connectivity index (χ2v) is 8.01. The number of hydrogen-bond acceptors (Lipinski definition) is 4. The summed E-state index contributed by atoms with van der Waals surface area (Å²) in [6.45, 7) is 3.89. The van der Waals surface area contributed by atoms with Gasteiger partial charge in [0.05, 0.1) is 5.69 Å². The fraction of sp³-hybridized carbons (Fsp3) is 0.115.